The number of anilines is 1. The third-order valence-electron chi connectivity index (χ3n) is 5.45. The number of methoxy groups -OCH3 is 2. The van der Waals surface area contributed by atoms with E-state index in [-0.39, 0.29) is 11.7 Å². The van der Waals surface area contributed by atoms with E-state index in [0.29, 0.717) is 41.1 Å². The molecule has 6 nitrogen and oxygen atoms in total. The summed E-state index contributed by atoms with van der Waals surface area (Å²) >= 11 is 6.06. The fourth-order valence-electron chi connectivity index (χ4n) is 3.89. The summed E-state index contributed by atoms with van der Waals surface area (Å²) in [6.07, 6.45) is 3.48. The Morgan fingerprint density at radius 2 is 1.93 bits per heavy atom. The van der Waals surface area contributed by atoms with E-state index in [1.165, 1.54) is 0 Å². The third-order valence-corrected chi connectivity index (χ3v) is 5.69. The molecule has 1 fully saturated rings. The first-order valence-corrected chi connectivity index (χ1v) is 10.6. The van der Waals surface area contributed by atoms with Crippen molar-refractivity contribution < 1.29 is 19.4 Å². The van der Waals surface area contributed by atoms with Gasteiger partial charge in [-0.25, -0.2) is 0 Å². The number of hydrogen-bond acceptors (Lipinski definition) is 5. The molecule has 2 N–H and O–H groups in total. The van der Waals surface area contributed by atoms with Crippen LogP contribution in [0.4, 0.5) is 5.69 Å². The van der Waals surface area contributed by atoms with Gasteiger partial charge in [0, 0.05) is 54.0 Å². The molecule has 0 spiro atoms. The van der Waals surface area contributed by atoms with Crippen LogP contribution < -0.4 is 14.8 Å². The molecule has 1 saturated heterocycles. The van der Waals surface area contributed by atoms with E-state index in [1.54, 1.807) is 44.6 Å². The number of hydrogen-bond donors (Lipinski definition) is 2. The lowest BCUT2D eigenvalue weighted by molar-refractivity contribution is -0.116. The minimum atomic E-state index is -0.0186. The zero-order valence-corrected chi connectivity index (χ0v) is 18.2. The number of benzene rings is 2. The van der Waals surface area contributed by atoms with Crippen molar-refractivity contribution >= 4 is 23.2 Å². The maximum absolute atomic E-state index is 12.5. The lowest BCUT2D eigenvalue weighted by atomic mass is 9.93. The second-order valence-electron chi connectivity index (χ2n) is 7.70. The van der Waals surface area contributed by atoms with E-state index in [4.69, 9.17) is 21.1 Å². The highest BCUT2D eigenvalue weighted by Crippen LogP contribution is 2.28. The van der Waals surface area contributed by atoms with Crippen LogP contribution in [-0.4, -0.2) is 43.2 Å². The quantitative estimate of drug-likeness (QED) is 0.633. The molecule has 1 amide bonds. The molecule has 0 radical (unpaired) electrons. The molecule has 2 aromatic carbocycles. The molecule has 2 aromatic rings. The number of carbonyl (C=O) groups excluding carboxylic acids is 1. The van der Waals surface area contributed by atoms with Crippen LogP contribution in [0.5, 0.6) is 17.2 Å². The van der Waals surface area contributed by atoms with Crippen molar-refractivity contribution in [2.75, 3.05) is 32.6 Å². The Hall–Kier alpha value is -2.44. The molecule has 1 atom stereocenters. The van der Waals surface area contributed by atoms with Crippen LogP contribution in [0, 0.1) is 5.92 Å². The summed E-state index contributed by atoms with van der Waals surface area (Å²) in [7, 11) is 3.16. The van der Waals surface area contributed by atoms with Gasteiger partial charge in [-0.2, -0.15) is 0 Å². The van der Waals surface area contributed by atoms with E-state index in [2.05, 4.69) is 10.2 Å². The summed E-state index contributed by atoms with van der Waals surface area (Å²) in [5, 5.41) is 13.6. The molecule has 0 aromatic heterocycles. The Labute approximate surface area is 182 Å². The molecular weight excluding hydrogens is 404 g/mol. The summed E-state index contributed by atoms with van der Waals surface area (Å²) in [5.41, 5.74) is 1.51. The van der Waals surface area contributed by atoms with Gasteiger partial charge in [0.2, 0.25) is 5.91 Å². The third kappa shape index (κ3) is 6.28. The number of carbonyl (C=O) groups is 1. The smallest absolute Gasteiger partial charge is 0.224 e. The second-order valence-corrected chi connectivity index (χ2v) is 8.14. The van der Waals surface area contributed by atoms with Gasteiger partial charge in [-0.05, 0) is 49.9 Å². The number of likely N-dealkylation sites (tertiary alicyclic amines) is 1. The predicted octanol–water partition coefficient (Wildman–Crippen LogP) is 4.69. The molecule has 7 heteroatoms. The molecule has 0 aliphatic carbocycles. The van der Waals surface area contributed by atoms with Gasteiger partial charge in [0.1, 0.15) is 17.2 Å². The molecule has 1 aliphatic heterocycles. The van der Waals surface area contributed by atoms with Gasteiger partial charge in [0.05, 0.1) is 14.2 Å². The van der Waals surface area contributed by atoms with Crippen molar-refractivity contribution in [2.24, 2.45) is 5.92 Å². The lowest BCUT2D eigenvalue weighted by Gasteiger charge is -2.33. The molecule has 0 bridgehead atoms. The van der Waals surface area contributed by atoms with E-state index in [0.717, 1.165) is 37.9 Å². The second kappa shape index (κ2) is 10.5. The first-order chi connectivity index (χ1) is 14.5. The number of nitrogens with zero attached hydrogens (tertiary/aromatic N) is 1. The number of aromatic hydroxyl groups is 1. The van der Waals surface area contributed by atoms with Crippen LogP contribution in [0.25, 0.3) is 0 Å². The van der Waals surface area contributed by atoms with E-state index in [9.17, 15) is 9.90 Å². The van der Waals surface area contributed by atoms with Gasteiger partial charge < -0.3 is 19.9 Å². The Morgan fingerprint density at radius 3 is 2.63 bits per heavy atom. The van der Waals surface area contributed by atoms with Gasteiger partial charge in [-0.15, -0.1) is 0 Å². The standard InChI is InChI=1S/C23H29ClN2O4/c1-29-20-11-19(12-21(13-20)30-2)25-23(28)8-5-16-4-3-9-26(14-16)15-17-10-18(24)6-7-22(17)27/h6-7,10-13,16,27H,3-5,8-9,14-15H2,1-2H3,(H,25,28). The maximum Gasteiger partial charge on any atom is 0.224 e. The lowest BCUT2D eigenvalue weighted by Crippen LogP contribution is -2.35. The number of amides is 1. The number of nitrogens with one attached hydrogen (secondary N) is 1. The highest BCUT2D eigenvalue weighted by atomic mass is 35.5. The van der Waals surface area contributed by atoms with Gasteiger partial charge in [0.15, 0.2) is 0 Å². The number of phenolic OH excluding ortho intramolecular Hbond substituents is 1. The minimum absolute atomic E-state index is 0.0186. The van der Waals surface area contributed by atoms with Crippen molar-refractivity contribution in [2.45, 2.75) is 32.2 Å². The van der Waals surface area contributed by atoms with E-state index < -0.39 is 0 Å². The Kier molecular flexibility index (Phi) is 7.82. The molecule has 1 unspecified atom stereocenters. The topological polar surface area (TPSA) is 71.0 Å². The summed E-state index contributed by atoms with van der Waals surface area (Å²) in [4.78, 5) is 14.8. The maximum atomic E-state index is 12.5. The Balaban J connectivity index is 1.50. The van der Waals surface area contributed by atoms with Crippen LogP contribution in [0.3, 0.4) is 0 Å². The number of piperidine rings is 1. The van der Waals surface area contributed by atoms with Crippen molar-refractivity contribution in [1.29, 1.82) is 0 Å². The number of halogens is 1. The Bertz CT molecular complexity index is 852. The monoisotopic (exact) mass is 432 g/mol. The zero-order valence-electron chi connectivity index (χ0n) is 17.5. The number of rotatable bonds is 8. The predicted molar refractivity (Wildman–Crippen MR) is 119 cm³/mol. The van der Waals surface area contributed by atoms with Gasteiger partial charge >= 0.3 is 0 Å². The molecule has 1 heterocycles. The number of phenols is 1. The van der Waals surface area contributed by atoms with E-state index >= 15 is 0 Å². The molecule has 0 saturated carbocycles. The van der Waals surface area contributed by atoms with Crippen LogP contribution >= 0.6 is 11.6 Å². The average molecular weight is 433 g/mol. The van der Waals surface area contributed by atoms with Crippen molar-refractivity contribution in [3.63, 3.8) is 0 Å². The van der Waals surface area contributed by atoms with Gasteiger partial charge in [0.25, 0.3) is 0 Å². The molecule has 1 aliphatic rings. The van der Waals surface area contributed by atoms with E-state index in [1.807, 2.05) is 6.07 Å². The normalized spacial score (nSPS) is 16.8. The Morgan fingerprint density at radius 1 is 1.20 bits per heavy atom. The molecule has 162 valence electrons. The van der Waals surface area contributed by atoms with Gasteiger partial charge in [-0.3, -0.25) is 9.69 Å². The van der Waals surface area contributed by atoms with Crippen LogP contribution in [0.2, 0.25) is 5.02 Å². The van der Waals surface area contributed by atoms with Crippen LogP contribution in [-0.2, 0) is 11.3 Å². The fraction of sp³-hybridized carbons (Fsp3) is 0.435. The van der Waals surface area contributed by atoms with Crippen molar-refractivity contribution in [3.05, 3.63) is 47.0 Å². The SMILES string of the molecule is COc1cc(NC(=O)CCC2CCCN(Cc3cc(Cl)ccc3O)C2)cc(OC)c1. The molecule has 30 heavy (non-hydrogen) atoms. The zero-order chi connectivity index (χ0) is 21.5. The summed E-state index contributed by atoms with van der Waals surface area (Å²) in [6, 6.07) is 10.5. The largest absolute Gasteiger partial charge is 0.508 e. The van der Waals surface area contributed by atoms with Gasteiger partial charge in [-0.1, -0.05) is 11.6 Å². The first kappa shape index (κ1) is 22.2. The first-order valence-electron chi connectivity index (χ1n) is 10.2. The summed E-state index contributed by atoms with van der Waals surface area (Å²) < 4.78 is 10.5. The average Bonchev–Trinajstić information content (AvgIpc) is 2.75. The fourth-order valence-corrected chi connectivity index (χ4v) is 4.09. The molecule has 3 rings (SSSR count). The highest BCUT2D eigenvalue weighted by Gasteiger charge is 2.21. The summed E-state index contributed by atoms with van der Waals surface area (Å²) in [5.74, 6) is 1.98. The van der Waals surface area contributed by atoms with Crippen LogP contribution in [0.15, 0.2) is 36.4 Å². The van der Waals surface area contributed by atoms with Crippen LogP contribution in [0.1, 0.15) is 31.2 Å². The molecular formula is C23H29ClN2O4. The summed E-state index contributed by atoms with van der Waals surface area (Å²) in [6.45, 7) is 2.56. The van der Waals surface area contributed by atoms with Crippen molar-refractivity contribution in [1.82, 2.24) is 4.90 Å². The van der Waals surface area contributed by atoms with Crippen molar-refractivity contribution in [3.8, 4) is 17.2 Å². The highest BCUT2D eigenvalue weighted by molar-refractivity contribution is 6.30. The number of ether oxygens (including phenoxy) is 2. The minimum Gasteiger partial charge on any atom is -0.508 e.